The van der Waals surface area contributed by atoms with Gasteiger partial charge in [-0.2, -0.15) is 0 Å². The summed E-state index contributed by atoms with van der Waals surface area (Å²) in [6.45, 7) is 1.88. The summed E-state index contributed by atoms with van der Waals surface area (Å²) < 4.78 is 0. The highest BCUT2D eigenvalue weighted by atomic mass is 16.1. The fourth-order valence-corrected chi connectivity index (χ4v) is 2.12. The molecular formula is C14H13N5O. The van der Waals surface area contributed by atoms with E-state index in [1.54, 1.807) is 18.5 Å². The maximum atomic E-state index is 11.7. The Balaban J connectivity index is 2.27. The van der Waals surface area contributed by atoms with Crippen molar-refractivity contribution >= 4 is 22.4 Å². The quantitative estimate of drug-likeness (QED) is 0.618. The monoisotopic (exact) mass is 267 g/mol. The molecule has 0 atom stereocenters. The van der Waals surface area contributed by atoms with Gasteiger partial charge in [-0.25, -0.2) is 9.97 Å². The number of nitrogens with one attached hydrogen (secondary N) is 1. The maximum Gasteiger partial charge on any atom is 0.259 e. The lowest BCUT2D eigenvalue weighted by atomic mass is 10.1. The summed E-state index contributed by atoms with van der Waals surface area (Å²) in [5.41, 5.74) is 13.7. The summed E-state index contributed by atoms with van der Waals surface area (Å²) in [6.07, 6.45) is 3.23. The van der Waals surface area contributed by atoms with Crippen LogP contribution in [0.3, 0.4) is 0 Å². The van der Waals surface area contributed by atoms with E-state index in [4.69, 9.17) is 11.5 Å². The number of rotatable bonds is 1. The van der Waals surface area contributed by atoms with Crippen molar-refractivity contribution in [3.8, 4) is 11.3 Å². The van der Waals surface area contributed by atoms with Gasteiger partial charge in [0.2, 0.25) is 0 Å². The van der Waals surface area contributed by atoms with Crippen LogP contribution in [0.4, 0.5) is 11.6 Å². The average Bonchev–Trinajstić information content (AvgIpc) is 2.41. The number of H-pyrrole nitrogens is 1. The zero-order chi connectivity index (χ0) is 14.3. The minimum Gasteiger partial charge on any atom is -0.383 e. The van der Waals surface area contributed by atoms with Crippen LogP contribution in [0.15, 0.2) is 35.4 Å². The van der Waals surface area contributed by atoms with E-state index in [0.717, 1.165) is 16.5 Å². The van der Waals surface area contributed by atoms with Gasteiger partial charge in [0.15, 0.2) is 0 Å². The molecule has 0 aliphatic carbocycles. The third kappa shape index (κ3) is 1.87. The van der Waals surface area contributed by atoms with Gasteiger partial charge in [0.25, 0.3) is 5.56 Å². The average molecular weight is 267 g/mol. The first-order valence-corrected chi connectivity index (χ1v) is 6.06. The number of nitrogens with zero attached hydrogens (tertiary/aromatic N) is 2. The molecule has 0 amide bonds. The number of hydrogen-bond donors (Lipinski definition) is 3. The molecule has 0 aliphatic rings. The Hall–Kier alpha value is -2.89. The van der Waals surface area contributed by atoms with E-state index >= 15 is 0 Å². The first-order chi connectivity index (χ1) is 9.56. The summed E-state index contributed by atoms with van der Waals surface area (Å²) >= 11 is 0. The molecule has 0 spiro atoms. The SMILES string of the molecule is Cc1cc(-c2cc3cc[nH]c(=O)c3c(N)n2)cnc1N. The molecule has 6 nitrogen and oxygen atoms in total. The van der Waals surface area contributed by atoms with Crippen molar-refractivity contribution in [1.82, 2.24) is 15.0 Å². The molecule has 100 valence electrons. The van der Waals surface area contributed by atoms with E-state index in [0.29, 0.717) is 16.9 Å². The van der Waals surface area contributed by atoms with Crippen LogP contribution in [0.5, 0.6) is 0 Å². The Morgan fingerprint density at radius 2 is 2.00 bits per heavy atom. The number of fused-ring (bicyclic) bond motifs is 1. The number of anilines is 2. The van der Waals surface area contributed by atoms with Crippen LogP contribution in [-0.4, -0.2) is 15.0 Å². The molecule has 6 heteroatoms. The molecule has 3 aromatic heterocycles. The van der Waals surface area contributed by atoms with Crippen molar-refractivity contribution in [2.24, 2.45) is 0 Å². The van der Waals surface area contributed by atoms with Crippen molar-refractivity contribution in [1.29, 1.82) is 0 Å². The molecule has 0 aromatic carbocycles. The highest BCUT2D eigenvalue weighted by Gasteiger charge is 2.09. The Morgan fingerprint density at radius 1 is 1.20 bits per heavy atom. The second-order valence-electron chi connectivity index (χ2n) is 4.59. The highest BCUT2D eigenvalue weighted by Crippen LogP contribution is 2.25. The topological polar surface area (TPSA) is 111 Å². The fraction of sp³-hybridized carbons (Fsp3) is 0.0714. The van der Waals surface area contributed by atoms with Gasteiger partial charge in [-0.3, -0.25) is 4.79 Å². The van der Waals surface area contributed by atoms with Gasteiger partial charge in [-0.15, -0.1) is 0 Å². The van der Waals surface area contributed by atoms with Gasteiger partial charge in [-0.1, -0.05) is 0 Å². The summed E-state index contributed by atoms with van der Waals surface area (Å²) in [5, 5.41) is 1.14. The molecule has 3 heterocycles. The van der Waals surface area contributed by atoms with Gasteiger partial charge >= 0.3 is 0 Å². The predicted molar refractivity (Wildman–Crippen MR) is 79.2 cm³/mol. The van der Waals surface area contributed by atoms with Crippen LogP contribution in [0.1, 0.15) is 5.56 Å². The molecule has 0 bridgehead atoms. The van der Waals surface area contributed by atoms with Crippen molar-refractivity contribution < 1.29 is 0 Å². The number of aromatic amines is 1. The number of nitrogens with two attached hydrogens (primary N) is 2. The van der Waals surface area contributed by atoms with E-state index in [9.17, 15) is 4.79 Å². The van der Waals surface area contributed by atoms with Crippen LogP contribution in [0, 0.1) is 6.92 Å². The summed E-state index contributed by atoms with van der Waals surface area (Å²) in [4.78, 5) is 22.7. The van der Waals surface area contributed by atoms with Crippen LogP contribution in [0.2, 0.25) is 0 Å². The van der Waals surface area contributed by atoms with E-state index in [1.807, 2.05) is 19.1 Å². The van der Waals surface area contributed by atoms with Gasteiger partial charge in [0, 0.05) is 18.0 Å². The number of aryl methyl sites for hydroxylation is 1. The summed E-state index contributed by atoms with van der Waals surface area (Å²) in [5.74, 6) is 0.688. The van der Waals surface area contributed by atoms with E-state index < -0.39 is 0 Å². The van der Waals surface area contributed by atoms with Crippen molar-refractivity contribution in [2.45, 2.75) is 6.92 Å². The van der Waals surface area contributed by atoms with Crippen molar-refractivity contribution in [2.75, 3.05) is 11.5 Å². The maximum absolute atomic E-state index is 11.7. The molecular weight excluding hydrogens is 254 g/mol. The molecule has 0 unspecified atom stereocenters. The highest BCUT2D eigenvalue weighted by molar-refractivity contribution is 5.92. The normalized spacial score (nSPS) is 10.8. The fourth-order valence-electron chi connectivity index (χ4n) is 2.12. The van der Waals surface area contributed by atoms with Crippen LogP contribution in [0.25, 0.3) is 22.0 Å². The molecule has 0 radical (unpaired) electrons. The first-order valence-electron chi connectivity index (χ1n) is 6.06. The minimum absolute atomic E-state index is 0.203. The molecule has 0 saturated carbocycles. The van der Waals surface area contributed by atoms with E-state index in [-0.39, 0.29) is 11.4 Å². The number of hydrogen-bond acceptors (Lipinski definition) is 5. The Kier molecular flexibility index (Phi) is 2.64. The van der Waals surface area contributed by atoms with Crippen LogP contribution in [-0.2, 0) is 0 Å². The molecule has 5 N–H and O–H groups in total. The number of nitrogen functional groups attached to an aromatic ring is 2. The number of aromatic nitrogens is 3. The van der Waals surface area contributed by atoms with Gasteiger partial charge in [-0.05, 0) is 36.1 Å². The Bertz CT molecular complexity index is 869. The van der Waals surface area contributed by atoms with Crippen molar-refractivity contribution in [3.05, 3.63) is 46.5 Å². The Labute approximate surface area is 114 Å². The standard InChI is InChI=1S/C14H13N5O/c1-7-4-9(6-18-12(7)15)10-5-8-2-3-17-14(20)11(8)13(16)19-10/h2-6H,1H3,(H2,15,18)(H2,16,19)(H,17,20). The zero-order valence-electron chi connectivity index (χ0n) is 10.8. The van der Waals surface area contributed by atoms with Crippen molar-refractivity contribution in [3.63, 3.8) is 0 Å². The lowest BCUT2D eigenvalue weighted by molar-refractivity contribution is 1.24. The molecule has 3 aromatic rings. The minimum atomic E-state index is -0.245. The van der Waals surface area contributed by atoms with E-state index in [2.05, 4.69) is 15.0 Å². The molecule has 0 saturated heterocycles. The second-order valence-corrected chi connectivity index (χ2v) is 4.59. The smallest absolute Gasteiger partial charge is 0.259 e. The van der Waals surface area contributed by atoms with E-state index in [1.165, 1.54) is 0 Å². The predicted octanol–water partition coefficient (Wildman–Crippen LogP) is 1.46. The number of pyridine rings is 3. The third-order valence-corrected chi connectivity index (χ3v) is 3.20. The Morgan fingerprint density at radius 3 is 2.75 bits per heavy atom. The lowest BCUT2D eigenvalue weighted by Gasteiger charge is -2.07. The lowest BCUT2D eigenvalue weighted by Crippen LogP contribution is -2.09. The second kappa shape index (κ2) is 4.34. The molecule has 0 aliphatic heterocycles. The van der Waals surface area contributed by atoms with Gasteiger partial charge in [0.1, 0.15) is 11.6 Å². The molecule has 20 heavy (non-hydrogen) atoms. The molecule has 0 fully saturated rings. The zero-order valence-corrected chi connectivity index (χ0v) is 10.8. The first kappa shape index (κ1) is 12.2. The largest absolute Gasteiger partial charge is 0.383 e. The summed E-state index contributed by atoms with van der Waals surface area (Å²) in [7, 11) is 0. The third-order valence-electron chi connectivity index (χ3n) is 3.20. The van der Waals surface area contributed by atoms with Crippen LogP contribution >= 0.6 is 0 Å². The van der Waals surface area contributed by atoms with Crippen LogP contribution < -0.4 is 17.0 Å². The van der Waals surface area contributed by atoms with Gasteiger partial charge in [0.05, 0.1) is 11.1 Å². The summed E-state index contributed by atoms with van der Waals surface area (Å²) in [6, 6.07) is 5.49. The van der Waals surface area contributed by atoms with Gasteiger partial charge < -0.3 is 16.5 Å². The molecule has 3 rings (SSSR count).